The highest BCUT2D eigenvalue weighted by Gasteiger charge is 1.98. The molecule has 0 bridgehead atoms. The van der Waals surface area contributed by atoms with Gasteiger partial charge in [-0.25, -0.2) is 0 Å². The van der Waals surface area contributed by atoms with Gasteiger partial charge in [0.2, 0.25) is 0 Å². The molecule has 1 radical (unpaired) electrons. The first-order valence-corrected chi connectivity index (χ1v) is 3.77. The van der Waals surface area contributed by atoms with Crippen molar-refractivity contribution in [2.45, 2.75) is 19.4 Å². The van der Waals surface area contributed by atoms with Gasteiger partial charge in [-0.15, -0.1) is 0 Å². The third-order valence-corrected chi connectivity index (χ3v) is 1.70. The van der Waals surface area contributed by atoms with Crippen LogP contribution in [0.5, 0.6) is 0 Å². The largest absolute Gasteiger partial charge is 0.392 e. The number of rotatable bonds is 2. The smallest absolute Gasteiger partial charge is 0.0681 e. The number of aliphatic hydroxyl groups is 1. The van der Waals surface area contributed by atoms with Crippen LogP contribution in [0.4, 0.5) is 0 Å². The maximum atomic E-state index is 8.82. The first-order chi connectivity index (χ1) is 5.24. The molecule has 1 unspecified atom stereocenters. The van der Waals surface area contributed by atoms with Crippen molar-refractivity contribution in [3.05, 3.63) is 42.3 Å². The van der Waals surface area contributed by atoms with Gasteiger partial charge in [-0.3, -0.25) is 0 Å². The monoisotopic (exact) mass is 149 g/mol. The SMILES string of the molecule is [CH2]C(C)c1cccc(CO)c1. The summed E-state index contributed by atoms with van der Waals surface area (Å²) in [6, 6.07) is 7.86. The lowest BCUT2D eigenvalue weighted by Crippen LogP contribution is -1.89. The van der Waals surface area contributed by atoms with Crippen LogP contribution in [0.25, 0.3) is 0 Å². The van der Waals surface area contributed by atoms with E-state index in [4.69, 9.17) is 5.11 Å². The molecule has 0 saturated carbocycles. The van der Waals surface area contributed by atoms with E-state index >= 15 is 0 Å². The van der Waals surface area contributed by atoms with Crippen LogP contribution in [0, 0.1) is 6.92 Å². The van der Waals surface area contributed by atoms with E-state index < -0.39 is 0 Å². The van der Waals surface area contributed by atoms with Crippen LogP contribution in [0.1, 0.15) is 24.0 Å². The van der Waals surface area contributed by atoms with Crippen molar-refractivity contribution >= 4 is 0 Å². The summed E-state index contributed by atoms with van der Waals surface area (Å²) in [5, 5.41) is 8.82. The molecule has 0 aliphatic rings. The molecule has 59 valence electrons. The van der Waals surface area contributed by atoms with Gasteiger partial charge in [-0.1, -0.05) is 31.2 Å². The van der Waals surface area contributed by atoms with Crippen LogP contribution in [0.3, 0.4) is 0 Å². The van der Waals surface area contributed by atoms with E-state index in [0.29, 0.717) is 5.92 Å². The second-order valence-electron chi connectivity index (χ2n) is 2.80. The summed E-state index contributed by atoms with van der Waals surface area (Å²) < 4.78 is 0. The Kier molecular flexibility index (Phi) is 2.66. The van der Waals surface area contributed by atoms with Gasteiger partial charge < -0.3 is 5.11 Å². The highest BCUT2D eigenvalue weighted by molar-refractivity contribution is 5.25. The molecular weight excluding hydrogens is 136 g/mol. The Morgan fingerprint density at radius 3 is 2.82 bits per heavy atom. The fourth-order valence-electron chi connectivity index (χ4n) is 0.998. The molecule has 0 amide bonds. The Morgan fingerprint density at radius 2 is 2.27 bits per heavy atom. The third kappa shape index (κ3) is 2.05. The van der Waals surface area contributed by atoms with Gasteiger partial charge >= 0.3 is 0 Å². The minimum absolute atomic E-state index is 0.112. The average molecular weight is 149 g/mol. The standard InChI is InChI=1S/C10H13O/c1-8(2)10-5-3-4-9(6-10)7-11/h3-6,8,11H,1,7H2,2H3. The maximum absolute atomic E-state index is 8.82. The van der Waals surface area contributed by atoms with Gasteiger partial charge in [-0.05, 0) is 24.0 Å². The van der Waals surface area contributed by atoms with Crippen LogP contribution in [0.15, 0.2) is 24.3 Å². The number of hydrogen-bond donors (Lipinski definition) is 1. The van der Waals surface area contributed by atoms with Crippen molar-refractivity contribution in [1.82, 2.24) is 0 Å². The van der Waals surface area contributed by atoms with E-state index in [1.54, 1.807) is 0 Å². The maximum Gasteiger partial charge on any atom is 0.0681 e. The van der Waals surface area contributed by atoms with E-state index in [1.807, 2.05) is 31.2 Å². The molecule has 1 rings (SSSR count). The minimum Gasteiger partial charge on any atom is -0.392 e. The van der Waals surface area contributed by atoms with Gasteiger partial charge in [0.05, 0.1) is 6.61 Å². The summed E-state index contributed by atoms with van der Waals surface area (Å²) >= 11 is 0. The molecule has 1 aromatic rings. The molecule has 0 saturated heterocycles. The Morgan fingerprint density at radius 1 is 1.55 bits per heavy atom. The number of benzene rings is 1. The zero-order valence-corrected chi connectivity index (χ0v) is 6.75. The van der Waals surface area contributed by atoms with Crippen LogP contribution in [-0.2, 0) is 6.61 Å². The second-order valence-corrected chi connectivity index (χ2v) is 2.80. The Bertz CT molecular complexity index is 228. The van der Waals surface area contributed by atoms with Crippen LogP contribution < -0.4 is 0 Å². The van der Waals surface area contributed by atoms with Crippen molar-refractivity contribution in [2.24, 2.45) is 0 Å². The highest BCUT2D eigenvalue weighted by atomic mass is 16.3. The lowest BCUT2D eigenvalue weighted by atomic mass is 10.0. The fourth-order valence-corrected chi connectivity index (χ4v) is 0.998. The minimum atomic E-state index is 0.112. The van der Waals surface area contributed by atoms with Crippen molar-refractivity contribution in [3.63, 3.8) is 0 Å². The predicted octanol–water partition coefficient (Wildman–Crippen LogP) is 2.12. The van der Waals surface area contributed by atoms with Crippen LogP contribution in [-0.4, -0.2) is 5.11 Å². The number of hydrogen-bond acceptors (Lipinski definition) is 1. The van der Waals surface area contributed by atoms with Crippen molar-refractivity contribution in [1.29, 1.82) is 0 Å². The van der Waals surface area contributed by atoms with E-state index in [2.05, 4.69) is 6.92 Å². The highest BCUT2D eigenvalue weighted by Crippen LogP contribution is 2.14. The zero-order valence-electron chi connectivity index (χ0n) is 6.75. The molecule has 0 aromatic heterocycles. The molecule has 1 nitrogen and oxygen atoms in total. The van der Waals surface area contributed by atoms with Gasteiger partial charge in [-0.2, -0.15) is 0 Å². The van der Waals surface area contributed by atoms with E-state index in [-0.39, 0.29) is 6.61 Å². The number of aliphatic hydroxyl groups excluding tert-OH is 1. The summed E-state index contributed by atoms with van der Waals surface area (Å²) in [6.07, 6.45) is 0. The van der Waals surface area contributed by atoms with E-state index in [9.17, 15) is 0 Å². The molecule has 1 aromatic carbocycles. The quantitative estimate of drug-likeness (QED) is 0.682. The predicted molar refractivity (Wildman–Crippen MR) is 46.1 cm³/mol. The average Bonchev–Trinajstić information content (AvgIpc) is 2.05. The molecule has 0 fully saturated rings. The van der Waals surface area contributed by atoms with Crippen molar-refractivity contribution < 1.29 is 5.11 Å². The van der Waals surface area contributed by atoms with Gasteiger partial charge in [0, 0.05) is 0 Å². The molecular formula is C10H13O. The fraction of sp³-hybridized carbons (Fsp3) is 0.300. The lowest BCUT2D eigenvalue weighted by molar-refractivity contribution is 0.281. The van der Waals surface area contributed by atoms with E-state index in [0.717, 1.165) is 5.56 Å². The van der Waals surface area contributed by atoms with Gasteiger partial charge in [0.15, 0.2) is 0 Å². The summed E-state index contributed by atoms with van der Waals surface area (Å²) in [4.78, 5) is 0. The third-order valence-electron chi connectivity index (χ3n) is 1.70. The Labute approximate surface area is 67.7 Å². The molecule has 0 spiro atoms. The van der Waals surface area contributed by atoms with Crippen LogP contribution >= 0.6 is 0 Å². The molecule has 1 heteroatoms. The Balaban J connectivity index is 2.91. The van der Waals surface area contributed by atoms with E-state index in [1.165, 1.54) is 5.56 Å². The first-order valence-electron chi connectivity index (χ1n) is 3.77. The normalized spacial score (nSPS) is 10.5. The Hall–Kier alpha value is -0.820. The summed E-state index contributed by atoms with van der Waals surface area (Å²) in [5.74, 6) is 0.293. The molecule has 11 heavy (non-hydrogen) atoms. The topological polar surface area (TPSA) is 20.2 Å². The summed E-state index contributed by atoms with van der Waals surface area (Å²) in [5.41, 5.74) is 2.13. The summed E-state index contributed by atoms with van der Waals surface area (Å²) in [7, 11) is 0. The zero-order chi connectivity index (χ0) is 8.27. The lowest BCUT2D eigenvalue weighted by Gasteiger charge is -2.05. The van der Waals surface area contributed by atoms with Crippen molar-refractivity contribution in [2.75, 3.05) is 0 Å². The van der Waals surface area contributed by atoms with Crippen LogP contribution in [0.2, 0.25) is 0 Å². The van der Waals surface area contributed by atoms with Gasteiger partial charge in [0.25, 0.3) is 0 Å². The van der Waals surface area contributed by atoms with Crippen molar-refractivity contribution in [3.8, 4) is 0 Å². The van der Waals surface area contributed by atoms with Gasteiger partial charge in [0.1, 0.15) is 0 Å². The molecule has 0 aliphatic heterocycles. The molecule has 1 N–H and O–H groups in total. The molecule has 0 aliphatic carbocycles. The molecule has 1 atom stereocenters. The second kappa shape index (κ2) is 3.54. The first kappa shape index (κ1) is 8.28. The summed E-state index contributed by atoms with van der Waals surface area (Å²) in [6.45, 7) is 6.05. The molecule has 0 heterocycles.